The van der Waals surface area contributed by atoms with E-state index in [2.05, 4.69) is 9.71 Å². The number of aliphatic carboxylic acids is 1. The molecule has 0 radical (unpaired) electrons. The van der Waals surface area contributed by atoms with Gasteiger partial charge in [0, 0.05) is 6.20 Å². The summed E-state index contributed by atoms with van der Waals surface area (Å²) >= 11 is 5.80. The van der Waals surface area contributed by atoms with E-state index in [0.717, 1.165) is 0 Å². The third kappa shape index (κ3) is 3.93. The fraction of sp³-hybridized carbons (Fsp3) is 0.0769. The van der Waals surface area contributed by atoms with Gasteiger partial charge in [-0.1, -0.05) is 23.7 Å². The predicted molar refractivity (Wildman–Crippen MR) is 77.8 cm³/mol. The number of pyridine rings is 1. The lowest BCUT2D eigenvalue weighted by atomic mass is 10.2. The molecule has 0 saturated carbocycles. The van der Waals surface area contributed by atoms with Crippen LogP contribution >= 0.6 is 11.6 Å². The number of carbonyl (C=O) groups is 1. The molecule has 110 valence electrons. The minimum atomic E-state index is -3.80. The number of nitrogens with one attached hydrogen (secondary N) is 1. The van der Waals surface area contributed by atoms with E-state index in [-0.39, 0.29) is 22.2 Å². The summed E-state index contributed by atoms with van der Waals surface area (Å²) in [4.78, 5) is 14.4. The molecule has 1 aromatic carbocycles. The third-order valence-corrected chi connectivity index (χ3v) is 4.28. The highest BCUT2D eigenvalue weighted by Gasteiger charge is 2.16. The Kier molecular flexibility index (Phi) is 4.44. The summed E-state index contributed by atoms with van der Waals surface area (Å²) in [5, 5.41) is 8.71. The molecule has 0 aliphatic carbocycles. The van der Waals surface area contributed by atoms with Gasteiger partial charge in [-0.25, -0.2) is 13.4 Å². The molecule has 0 fully saturated rings. The van der Waals surface area contributed by atoms with Crippen molar-refractivity contribution in [3.05, 3.63) is 53.3 Å². The van der Waals surface area contributed by atoms with E-state index in [1.165, 1.54) is 36.5 Å². The molecule has 0 atom stereocenters. The SMILES string of the molecule is O=C(O)Cc1ccc(S(=O)(=O)Nc2cccnc2Cl)cc1. The van der Waals surface area contributed by atoms with Gasteiger partial charge in [-0.3, -0.25) is 9.52 Å². The van der Waals surface area contributed by atoms with E-state index >= 15 is 0 Å². The first kappa shape index (κ1) is 15.3. The molecule has 2 N–H and O–H groups in total. The molecule has 0 amide bonds. The Bertz CT molecular complexity index is 760. The van der Waals surface area contributed by atoms with Gasteiger partial charge in [-0.2, -0.15) is 0 Å². The molecule has 2 aromatic rings. The summed E-state index contributed by atoms with van der Waals surface area (Å²) in [7, 11) is -3.80. The first-order chi connectivity index (χ1) is 9.88. The van der Waals surface area contributed by atoms with Gasteiger partial charge in [0.2, 0.25) is 0 Å². The second-order valence-electron chi connectivity index (χ2n) is 4.16. The van der Waals surface area contributed by atoms with Crippen molar-refractivity contribution in [3.63, 3.8) is 0 Å². The zero-order chi connectivity index (χ0) is 15.5. The molecular weight excluding hydrogens is 316 g/mol. The van der Waals surface area contributed by atoms with Crippen LogP contribution in [0.1, 0.15) is 5.56 Å². The smallest absolute Gasteiger partial charge is 0.307 e. The maximum Gasteiger partial charge on any atom is 0.307 e. The van der Waals surface area contributed by atoms with Crippen LogP contribution in [0.2, 0.25) is 5.15 Å². The predicted octanol–water partition coefficient (Wildman–Crippen LogP) is 2.16. The minimum absolute atomic E-state index is 0.0107. The molecule has 1 aromatic heterocycles. The van der Waals surface area contributed by atoms with Crippen LogP contribution in [0.4, 0.5) is 5.69 Å². The fourth-order valence-electron chi connectivity index (χ4n) is 1.63. The second-order valence-corrected chi connectivity index (χ2v) is 6.20. The minimum Gasteiger partial charge on any atom is -0.481 e. The Morgan fingerprint density at radius 2 is 1.90 bits per heavy atom. The lowest BCUT2D eigenvalue weighted by Gasteiger charge is -2.09. The maximum absolute atomic E-state index is 12.2. The van der Waals surface area contributed by atoms with Gasteiger partial charge in [0.15, 0.2) is 5.15 Å². The average molecular weight is 327 g/mol. The summed E-state index contributed by atoms with van der Waals surface area (Å²) < 4.78 is 26.7. The van der Waals surface area contributed by atoms with Crippen LogP contribution in [0.25, 0.3) is 0 Å². The monoisotopic (exact) mass is 326 g/mol. The van der Waals surface area contributed by atoms with Gasteiger partial charge in [0.25, 0.3) is 10.0 Å². The van der Waals surface area contributed by atoms with E-state index in [1.54, 1.807) is 6.07 Å². The van der Waals surface area contributed by atoms with Crippen molar-refractivity contribution in [2.45, 2.75) is 11.3 Å². The zero-order valence-electron chi connectivity index (χ0n) is 10.7. The van der Waals surface area contributed by atoms with E-state index in [0.29, 0.717) is 5.56 Å². The van der Waals surface area contributed by atoms with Gasteiger partial charge in [0.05, 0.1) is 17.0 Å². The lowest BCUT2D eigenvalue weighted by Crippen LogP contribution is -2.13. The van der Waals surface area contributed by atoms with Crippen LogP contribution in [0.15, 0.2) is 47.5 Å². The van der Waals surface area contributed by atoms with Gasteiger partial charge in [-0.05, 0) is 29.8 Å². The topological polar surface area (TPSA) is 96.4 Å². The summed E-state index contributed by atoms with van der Waals surface area (Å²) in [5.74, 6) is -0.981. The van der Waals surface area contributed by atoms with Crippen molar-refractivity contribution in [3.8, 4) is 0 Å². The van der Waals surface area contributed by atoms with E-state index in [1.807, 2.05) is 0 Å². The van der Waals surface area contributed by atoms with Crippen LogP contribution in [0.5, 0.6) is 0 Å². The van der Waals surface area contributed by atoms with Crippen molar-refractivity contribution in [1.29, 1.82) is 0 Å². The number of sulfonamides is 1. The average Bonchev–Trinajstić information content (AvgIpc) is 2.41. The highest BCUT2D eigenvalue weighted by Crippen LogP contribution is 2.22. The summed E-state index contributed by atoms with van der Waals surface area (Å²) in [6.45, 7) is 0. The quantitative estimate of drug-likeness (QED) is 0.821. The Morgan fingerprint density at radius 1 is 1.24 bits per heavy atom. The molecule has 6 nitrogen and oxygen atoms in total. The summed E-state index contributed by atoms with van der Waals surface area (Å²) in [6, 6.07) is 8.63. The Hall–Kier alpha value is -2.12. The van der Waals surface area contributed by atoms with Crippen molar-refractivity contribution >= 4 is 33.3 Å². The standard InChI is InChI=1S/C13H11ClN2O4S/c14-13-11(2-1-7-15-13)16-21(19,20)10-5-3-9(4-6-10)8-12(17)18/h1-7,16H,8H2,(H,17,18). The van der Waals surface area contributed by atoms with Gasteiger partial charge in [0.1, 0.15) is 0 Å². The number of carboxylic acid groups (broad SMARTS) is 1. The summed E-state index contributed by atoms with van der Waals surface area (Å²) in [5.41, 5.74) is 0.689. The van der Waals surface area contributed by atoms with Crippen LogP contribution in [-0.4, -0.2) is 24.5 Å². The van der Waals surface area contributed by atoms with Gasteiger partial charge >= 0.3 is 5.97 Å². The highest BCUT2D eigenvalue weighted by atomic mass is 35.5. The van der Waals surface area contributed by atoms with Crippen molar-refractivity contribution in [2.24, 2.45) is 0 Å². The van der Waals surface area contributed by atoms with Crippen LogP contribution in [-0.2, 0) is 21.2 Å². The Labute approximate surface area is 126 Å². The van der Waals surface area contributed by atoms with Crippen molar-refractivity contribution in [1.82, 2.24) is 4.98 Å². The van der Waals surface area contributed by atoms with Gasteiger partial charge in [-0.15, -0.1) is 0 Å². The van der Waals surface area contributed by atoms with Gasteiger partial charge < -0.3 is 5.11 Å². The first-order valence-corrected chi connectivity index (χ1v) is 7.69. The van der Waals surface area contributed by atoms with Crippen molar-refractivity contribution < 1.29 is 18.3 Å². The van der Waals surface area contributed by atoms with E-state index in [4.69, 9.17) is 16.7 Å². The molecule has 0 unspecified atom stereocenters. The number of halogens is 1. The first-order valence-electron chi connectivity index (χ1n) is 5.82. The molecule has 0 aliphatic heterocycles. The summed E-state index contributed by atoms with van der Waals surface area (Å²) in [6.07, 6.45) is 1.28. The fourth-order valence-corrected chi connectivity index (χ4v) is 2.92. The number of aromatic nitrogens is 1. The lowest BCUT2D eigenvalue weighted by molar-refractivity contribution is -0.136. The zero-order valence-corrected chi connectivity index (χ0v) is 12.2. The maximum atomic E-state index is 12.2. The second kappa shape index (κ2) is 6.11. The largest absolute Gasteiger partial charge is 0.481 e. The van der Waals surface area contributed by atoms with Crippen molar-refractivity contribution in [2.75, 3.05) is 4.72 Å². The normalized spacial score (nSPS) is 11.1. The van der Waals surface area contributed by atoms with E-state index < -0.39 is 16.0 Å². The number of anilines is 1. The number of rotatable bonds is 5. The number of hydrogen-bond donors (Lipinski definition) is 2. The molecule has 1 heterocycles. The van der Waals surface area contributed by atoms with Crippen LogP contribution in [0, 0.1) is 0 Å². The van der Waals surface area contributed by atoms with Crippen LogP contribution in [0.3, 0.4) is 0 Å². The number of nitrogens with zero attached hydrogens (tertiary/aromatic N) is 1. The number of benzene rings is 1. The molecule has 0 bridgehead atoms. The molecule has 21 heavy (non-hydrogen) atoms. The highest BCUT2D eigenvalue weighted by molar-refractivity contribution is 7.92. The Balaban J connectivity index is 2.24. The molecule has 0 aliphatic rings. The molecule has 0 saturated heterocycles. The Morgan fingerprint density at radius 3 is 2.48 bits per heavy atom. The van der Waals surface area contributed by atoms with E-state index in [9.17, 15) is 13.2 Å². The molecule has 0 spiro atoms. The molecule has 8 heteroatoms. The molecular formula is C13H11ClN2O4S. The number of carboxylic acids is 1. The number of hydrogen-bond acceptors (Lipinski definition) is 4. The van der Waals surface area contributed by atoms with Crippen LogP contribution < -0.4 is 4.72 Å². The molecule has 2 rings (SSSR count). The third-order valence-electron chi connectivity index (χ3n) is 2.59.